The number of nitrogens with one attached hydrogen (secondary N) is 1. The summed E-state index contributed by atoms with van der Waals surface area (Å²) in [5, 5.41) is 13.2. The van der Waals surface area contributed by atoms with Crippen LogP contribution < -0.4 is 5.32 Å². The molecule has 0 saturated heterocycles. The zero-order valence-electron chi connectivity index (χ0n) is 9.81. The highest BCUT2D eigenvalue weighted by Crippen LogP contribution is 2.22. The fourth-order valence-corrected chi connectivity index (χ4v) is 1.58. The van der Waals surface area contributed by atoms with E-state index >= 15 is 0 Å². The Labute approximate surface area is 109 Å². The van der Waals surface area contributed by atoms with Gasteiger partial charge >= 0.3 is 0 Å². The number of benzene rings is 1. The van der Waals surface area contributed by atoms with Crippen molar-refractivity contribution in [2.24, 2.45) is 0 Å². The number of hydrogen-bond donors (Lipinski definition) is 1. The normalized spacial score (nSPS) is 10.1. The number of rotatable bonds is 6. The van der Waals surface area contributed by atoms with Crippen molar-refractivity contribution in [1.29, 1.82) is 0 Å². The van der Waals surface area contributed by atoms with E-state index in [2.05, 4.69) is 5.32 Å². The molecule has 0 saturated carbocycles. The topological polar surface area (TPSA) is 81.5 Å². The van der Waals surface area contributed by atoms with Crippen LogP contribution in [0, 0.1) is 10.1 Å². The summed E-state index contributed by atoms with van der Waals surface area (Å²) in [6, 6.07) is 3.74. The number of nitro groups is 1. The SMILES string of the molecule is COCCCNC(=O)c1ccc([N+](=O)[O-])cc1Cl. The van der Waals surface area contributed by atoms with Gasteiger partial charge in [0, 0.05) is 32.4 Å². The molecule has 6 nitrogen and oxygen atoms in total. The fraction of sp³-hybridized carbons (Fsp3) is 0.364. The van der Waals surface area contributed by atoms with Crippen LogP contribution in [0.3, 0.4) is 0 Å². The predicted octanol–water partition coefficient (Wildman–Crippen LogP) is 2.01. The van der Waals surface area contributed by atoms with Gasteiger partial charge in [-0.05, 0) is 12.5 Å². The molecule has 0 aliphatic heterocycles. The lowest BCUT2D eigenvalue weighted by atomic mass is 10.2. The van der Waals surface area contributed by atoms with E-state index < -0.39 is 4.92 Å². The summed E-state index contributed by atoms with van der Waals surface area (Å²) in [5.41, 5.74) is 0.0793. The molecule has 0 atom stereocenters. The Balaban J connectivity index is 2.66. The third-order valence-corrected chi connectivity index (χ3v) is 2.53. The van der Waals surface area contributed by atoms with Crippen LogP contribution in [-0.4, -0.2) is 31.1 Å². The van der Waals surface area contributed by atoms with Gasteiger partial charge in [-0.25, -0.2) is 0 Å². The van der Waals surface area contributed by atoms with Crippen molar-refractivity contribution in [3.05, 3.63) is 38.9 Å². The summed E-state index contributed by atoms with van der Waals surface area (Å²) < 4.78 is 4.84. The number of nitrogens with zero attached hydrogens (tertiary/aromatic N) is 1. The molecule has 0 aromatic heterocycles. The monoisotopic (exact) mass is 272 g/mol. The van der Waals surface area contributed by atoms with E-state index in [-0.39, 0.29) is 22.2 Å². The summed E-state index contributed by atoms with van der Waals surface area (Å²) in [4.78, 5) is 21.7. The van der Waals surface area contributed by atoms with E-state index in [1.54, 1.807) is 7.11 Å². The first-order valence-corrected chi connectivity index (χ1v) is 5.65. The van der Waals surface area contributed by atoms with Gasteiger partial charge in [0.05, 0.1) is 15.5 Å². The average Bonchev–Trinajstić information content (AvgIpc) is 2.34. The molecule has 1 aromatic rings. The first-order chi connectivity index (χ1) is 8.56. The molecule has 1 rings (SSSR count). The van der Waals surface area contributed by atoms with E-state index in [1.807, 2.05) is 0 Å². The minimum Gasteiger partial charge on any atom is -0.385 e. The van der Waals surface area contributed by atoms with Gasteiger partial charge in [0.2, 0.25) is 0 Å². The largest absolute Gasteiger partial charge is 0.385 e. The van der Waals surface area contributed by atoms with Gasteiger partial charge in [-0.3, -0.25) is 14.9 Å². The van der Waals surface area contributed by atoms with Crippen molar-refractivity contribution >= 4 is 23.2 Å². The number of nitro benzene ring substituents is 1. The number of ether oxygens (including phenoxy) is 1. The quantitative estimate of drug-likeness (QED) is 0.488. The number of non-ortho nitro benzene ring substituents is 1. The number of methoxy groups -OCH3 is 1. The minimum absolute atomic E-state index is 0.0634. The van der Waals surface area contributed by atoms with Crippen molar-refractivity contribution in [3.63, 3.8) is 0 Å². The van der Waals surface area contributed by atoms with Gasteiger partial charge in [0.15, 0.2) is 0 Å². The molecule has 0 aliphatic carbocycles. The fourth-order valence-electron chi connectivity index (χ4n) is 1.32. The lowest BCUT2D eigenvalue weighted by Gasteiger charge is -2.06. The Kier molecular flexibility index (Phi) is 5.54. The second-order valence-electron chi connectivity index (χ2n) is 3.52. The van der Waals surface area contributed by atoms with Crippen LogP contribution in [0.25, 0.3) is 0 Å². The lowest BCUT2D eigenvalue weighted by molar-refractivity contribution is -0.384. The number of carbonyl (C=O) groups is 1. The van der Waals surface area contributed by atoms with Crippen molar-refractivity contribution < 1.29 is 14.5 Å². The summed E-state index contributed by atoms with van der Waals surface area (Å²) in [7, 11) is 1.58. The summed E-state index contributed by atoms with van der Waals surface area (Å²) in [6.45, 7) is 1.01. The first-order valence-electron chi connectivity index (χ1n) is 5.27. The van der Waals surface area contributed by atoms with E-state index in [4.69, 9.17) is 16.3 Å². The van der Waals surface area contributed by atoms with Gasteiger partial charge in [-0.2, -0.15) is 0 Å². The van der Waals surface area contributed by atoms with Crippen LogP contribution in [0.1, 0.15) is 16.8 Å². The van der Waals surface area contributed by atoms with Gasteiger partial charge in [0.25, 0.3) is 11.6 Å². The van der Waals surface area contributed by atoms with Crippen molar-refractivity contribution in [2.75, 3.05) is 20.3 Å². The Morgan fingerprint density at radius 2 is 2.28 bits per heavy atom. The number of amides is 1. The first kappa shape index (κ1) is 14.4. The molecule has 7 heteroatoms. The number of hydrogen-bond acceptors (Lipinski definition) is 4. The van der Waals surface area contributed by atoms with Crippen LogP contribution in [0.15, 0.2) is 18.2 Å². The summed E-state index contributed by atoms with van der Waals surface area (Å²) in [5.74, 6) is -0.356. The maximum absolute atomic E-state index is 11.7. The van der Waals surface area contributed by atoms with Crippen LogP contribution >= 0.6 is 11.6 Å². The summed E-state index contributed by atoms with van der Waals surface area (Å²) in [6.07, 6.45) is 0.687. The van der Waals surface area contributed by atoms with Gasteiger partial charge in [-0.15, -0.1) is 0 Å². The zero-order chi connectivity index (χ0) is 13.5. The zero-order valence-corrected chi connectivity index (χ0v) is 10.6. The number of halogens is 1. The predicted molar refractivity (Wildman–Crippen MR) is 66.9 cm³/mol. The molecule has 18 heavy (non-hydrogen) atoms. The van der Waals surface area contributed by atoms with Gasteiger partial charge in [0.1, 0.15) is 0 Å². The second kappa shape index (κ2) is 6.93. The molecular weight excluding hydrogens is 260 g/mol. The van der Waals surface area contributed by atoms with E-state index in [0.29, 0.717) is 19.6 Å². The molecule has 0 unspecified atom stereocenters. The van der Waals surface area contributed by atoms with Gasteiger partial charge in [-0.1, -0.05) is 11.6 Å². The standard InChI is InChI=1S/C11H13ClN2O4/c1-18-6-2-5-13-11(15)9-4-3-8(14(16)17)7-10(9)12/h3-4,7H,2,5-6H2,1H3,(H,13,15). The highest BCUT2D eigenvalue weighted by atomic mass is 35.5. The average molecular weight is 273 g/mol. The molecular formula is C11H13ClN2O4. The Bertz CT molecular complexity index is 451. The van der Waals surface area contributed by atoms with E-state index in [9.17, 15) is 14.9 Å². The van der Waals surface area contributed by atoms with Crippen LogP contribution in [0.4, 0.5) is 5.69 Å². The molecule has 0 spiro atoms. The second-order valence-corrected chi connectivity index (χ2v) is 3.93. The summed E-state index contributed by atoms with van der Waals surface area (Å²) >= 11 is 5.82. The maximum Gasteiger partial charge on any atom is 0.270 e. The third kappa shape index (κ3) is 3.97. The number of carbonyl (C=O) groups excluding carboxylic acids is 1. The van der Waals surface area contributed by atoms with Crippen molar-refractivity contribution in [3.8, 4) is 0 Å². The third-order valence-electron chi connectivity index (χ3n) is 2.22. The highest BCUT2D eigenvalue weighted by Gasteiger charge is 2.14. The van der Waals surface area contributed by atoms with Gasteiger partial charge < -0.3 is 10.1 Å². The molecule has 0 fully saturated rings. The highest BCUT2D eigenvalue weighted by molar-refractivity contribution is 6.34. The smallest absolute Gasteiger partial charge is 0.270 e. The minimum atomic E-state index is -0.563. The van der Waals surface area contributed by atoms with E-state index in [0.717, 1.165) is 6.07 Å². The maximum atomic E-state index is 11.7. The van der Waals surface area contributed by atoms with E-state index in [1.165, 1.54) is 12.1 Å². The Morgan fingerprint density at radius 1 is 1.56 bits per heavy atom. The molecule has 0 aliphatic rings. The molecule has 0 bridgehead atoms. The van der Waals surface area contributed by atoms with Crippen molar-refractivity contribution in [1.82, 2.24) is 5.32 Å². The molecule has 1 aromatic carbocycles. The Morgan fingerprint density at radius 3 is 2.83 bits per heavy atom. The molecule has 1 N–H and O–H groups in total. The lowest BCUT2D eigenvalue weighted by Crippen LogP contribution is -2.25. The van der Waals surface area contributed by atoms with Crippen molar-refractivity contribution in [2.45, 2.75) is 6.42 Å². The molecule has 0 heterocycles. The molecule has 98 valence electrons. The Hall–Kier alpha value is -1.66. The van der Waals surface area contributed by atoms with Crippen LogP contribution in [0.5, 0.6) is 0 Å². The molecule has 0 radical (unpaired) electrons. The molecule has 1 amide bonds. The van der Waals surface area contributed by atoms with Crippen LogP contribution in [-0.2, 0) is 4.74 Å². The van der Waals surface area contributed by atoms with Crippen LogP contribution in [0.2, 0.25) is 5.02 Å².